The molecule has 0 spiro atoms. The van der Waals surface area contributed by atoms with Crippen LogP contribution in [0.2, 0.25) is 5.02 Å². The molecule has 0 bridgehead atoms. The number of sulfonamides is 1. The number of aryl methyl sites for hydroxylation is 2. The Kier molecular flexibility index (Phi) is 11.0. The zero-order valence-corrected chi connectivity index (χ0v) is 26.2. The van der Waals surface area contributed by atoms with Crippen molar-refractivity contribution in [3.05, 3.63) is 94.0 Å². The fraction of sp³-hybridized carbons (Fsp3) is 0.375. The van der Waals surface area contributed by atoms with E-state index in [4.69, 9.17) is 11.6 Å². The number of nitrogens with one attached hydrogen (secondary N) is 1. The summed E-state index contributed by atoms with van der Waals surface area (Å²) < 4.78 is 29.2. The van der Waals surface area contributed by atoms with Gasteiger partial charge in [0.25, 0.3) is 10.0 Å². The van der Waals surface area contributed by atoms with Crippen LogP contribution in [0.15, 0.2) is 71.6 Å². The lowest BCUT2D eigenvalue weighted by Crippen LogP contribution is -2.53. The summed E-state index contributed by atoms with van der Waals surface area (Å²) in [5.74, 6) is -0.762. The van der Waals surface area contributed by atoms with Gasteiger partial charge in [0.2, 0.25) is 11.8 Å². The third-order valence-corrected chi connectivity index (χ3v) is 9.40. The van der Waals surface area contributed by atoms with Crippen LogP contribution in [0.4, 0.5) is 5.69 Å². The van der Waals surface area contributed by atoms with Gasteiger partial charge in [-0.2, -0.15) is 0 Å². The van der Waals surface area contributed by atoms with E-state index in [9.17, 15) is 18.0 Å². The van der Waals surface area contributed by atoms with Gasteiger partial charge in [-0.1, -0.05) is 79.0 Å². The van der Waals surface area contributed by atoms with Crippen LogP contribution in [-0.4, -0.2) is 43.8 Å². The Labute approximate surface area is 249 Å². The van der Waals surface area contributed by atoms with E-state index in [0.29, 0.717) is 22.7 Å². The van der Waals surface area contributed by atoms with Gasteiger partial charge in [-0.3, -0.25) is 13.9 Å². The predicted octanol–water partition coefficient (Wildman–Crippen LogP) is 6.18. The maximum atomic E-state index is 14.2. The van der Waals surface area contributed by atoms with E-state index in [2.05, 4.69) is 5.32 Å². The molecule has 0 heterocycles. The van der Waals surface area contributed by atoms with Crippen molar-refractivity contribution >= 4 is 39.1 Å². The number of carbonyl (C=O) groups excluding carboxylic acids is 2. The quantitative estimate of drug-likeness (QED) is 0.270. The summed E-state index contributed by atoms with van der Waals surface area (Å²) in [6, 6.07) is 18.3. The van der Waals surface area contributed by atoms with Crippen LogP contribution >= 0.6 is 11.6 Å². The van der Waals surface area contributed by atoms with Gasteiger partial charge in [0.15, 0.2) is 0 Å². The molecule has 3 rings (SSSR count). The third kappa shape index (κ3) is 7.89. The Balaban J connectivity index is 2.10. The van der Waals surface area contributed by atoms with Crippen LogP contribution in [-0.2, 0) is 26.2 Å². The summed E-state index contributed by atoms with van der Waals surface area (Å²) in [7, 11) is -4.17. The molecule has 0 fully saturated rings. The molecule has 0 saturated carbocycles. The number of hydrogen-bond acceptors (Lipinski definition) is 4. The Morgan fingerprint density at radius 1 is 0.902 bits per heavy atom. The van der Waals surface area contributed by atoms with Crippen molar-refractivity contribution in [2.45, 2.75) is 77.9 Å². The van der Waals surface area contributed by atoms with Crippen LogP contribution in [0.25, 0.3) is 0 Å². The molecular weight excluding hydrogens is 558 g/mol. The molecular formula is C32H40ClN3O4S. The molecule has 0 radical (unpaired) electrons. The number of halogens is 1. The molecule has 3 aromatic carbocycles. The summed E-state index contributed by atoms with van der Waals surface area (Å²) in [5, 5.41) is 3.38. The zero-order chi connectivity index (χ0) is 30.3. The van der Waals surface area contributed by atoms with Crippen LogP contribution in [0.3, 0.4) is 0 Å². The standard InChI is InChI=1S/C32H40ClN3O4S/c1-7-24(5)34-32(38)29(8-2)35(20-26-12-9-11-23(4)19-26)31(37)21-36(30-14-10-13-28(33)25(30)6)41(39,40)27-17-15-22(3)16-18-27/h9-19,24,29H,7-8,20-21H2,1-6H3,(H,34,38)/t24-,29-/m0/s1. The Hall–Kier alpha value is -3.36. The zero-order valence-electron chi connectivity index (χ0n) is 24.6. The van der Waals surface area contributed by atoms with Crippen molar-refractivity contribution in [1.82, 2.24) is 10.2 Å². The second kappa shape index (κ2) is 14.0. The van der Waals surface area contributed by atoms with Crippen molar-refractivity contribution in [3.8, 4) is 0 Å². The average Bonchev–Trinajstić information content (AvgIpc) is 2.93. The van der Waals surface area contributed by atoms with Gasteiger partial charge < -0.3 is 10.2 Å². The SMILES string of the molecule is CC[C@H](C)NC(=O)[C@H](CC)N(Cc1cccc(C)c1)C(=O)CN(c1cccc(Cl)c1C)S(=O)(=O)c1ccc(C)cc1. The minimum atomic E-state index is -4.17. The molecule has 0 aliphatic heterocycles. The fourth-order valence-corrected chi connectivity index (χ4v) is 6.23. The van der Waals surface area contributed by atoms with E-state index >= 15 is 0 Å². The van der Waals surface area contributed by atoms with Gasteiger partial charge in [0.1, 0.15) is 12.6 Å². The Morgan fingerprint density at radius 2 is 1.56 bits per heavy atom. The van der Waals surface area contributed by atoms with Gasteiger partial charge in [0.05, 0.1) is 10.6 Å². The van der Waals surface area contributed by atoms with Crippen molar-refractivity contribution in [2.24, 2.45) is 0 Å². The molecule has 0 unspecified atom stereocenters. The van der Waals surface area contributed by atoms with Gasteiger partial charge in [-0.25, -0.2) is 8.42 Å². The first-order valence-electron chi connectivity index (χ1n) is 13.9. The lowest BCUT2D eigenvalue weighted by Gasteiger charge is -2.34. The van der Waals surface area contributed by atoms with Crippen LogP contribution in [0.5, 0.6) is 0 Å². The first-order valence-corrected chi connectivity index (χ1v) is 15.7. The van der Waals surface area contributed by atoms with Gasteiger partial charge >= 0.3 is 0 Å². The number of amides is 2. The van der Waals surface area contributed by atoms with E-state index in [0.717, 1.165) is 27.4 Å². The molecule has 0 aliphatic rings. The van der Waals surface area contributed by atoms with Crippen molar-refractivity contribution in [2.75, 3.05) is 10.8 Å². The van der Waals surface area contributed by atoms with Crippen molar-refractivity contribution in [3.63, 3.8) is 0 Å². The maximum absolute atomic E-state index is 14.2. The minimum absolute atomic E-state index is 0.0575. The largest absolute Gasteiger partial charge is 0.352 e. The normalized spacial score (nSPS) is 12.9. The minimum Gasteiger partial charge on any atom is -0.352 e. The van der Waals surface area contributed by atoms with Crippen LogP contribution in [0, 0.1) is 20.8 Å². The van der Waals surface area contributed by atoms with E-state index in [-0.39, 0.29) is 23.4 Å². The summed E-state index contributed by atoms with van der Waals surface area (Å²) in [5.41, 5.74) is 3.61. The Morgan fingerprint density at radius 3 is 2.17 bits per heavy atom. The van der Waals surface area contributed by atoms with Crippen LogP contribution < -0.4 is 9.62 Å². The number of anilines is 1. The topological polar surface area (TPSA) is 86.8 Å². The van der Waals surface area contributed by atoms with E-state index in [1.807, 2.05) is 58.9 Å². The fourth-order valence-electron chi connectivity index (χ4n) is 4.58. The molecule has 0 saturated heterocycles. The van der Waals surface area contributed by atoms with Crippen molar-refractivity contribution < 1.29 is 18.0 Å². The molecule has 9 heteroatoms. The van der Waals surface area contributed by atoms with E-state index in [1.54, 1.807) is 37.3 Å². The lowest BCUT2D eigenvalue weighted by atomic mass is 10.1. The lowest BCUT2D eigenvalue weighted by molar-refractivity contribution is -0.140. The molecule has 3 aromatic rings. The average molecular weight is 598 g/mol. The molecule has 7 nitrogen and oxygen atoms in total. The monoisotopic (exact) mass is 597 g/mol. The molecule has 220 valence electrons. The summed E-state index contributed by atoms with van der Waals surface area (Å²) in [6.07, 6.45) is 1.10. The van der Waals surface area contributed by atoms with Gasteiger partial charge in [0, 0.05) is 17.6 Å². The highest BCUT2D eigenvalue weighted by molar-refractivity contribution is 7.92. The summed E-state index contributed by atoms with van der Waals surface area (Å²) >= 11 is 6.40. The molecule has 2 amide bonds. The first kappa shape index (κ1) is 32.2. The highest BCUT2D eigenvalue weighted by Gasteiger charge is 2.34. The van der Waals surface area contributed by atoms with Gasteiger partial charge in [-0.15, -0.1) is 0 Å². The summed E-state index contributed by atoms with van der Waals surface area (Å²) in [4.78, 5) is 29.2. The van der Waals surface area contributed by atoms with Crippen molar-refractivity contribution in [1.29, 1.82) is 0 Å². The third-order valence-electron chi connectivity index (χ3n) is 7.22. The smallest absolute Gasteiger partial charge is 0.264 e. The molecule has 41 heavy (non-hydrogen) atoms. The Bertz CT molecular complexity index is 1470. The van der Waals surface area contributed by atoms with E-state index < -0.39 is 28.5 Å². The molecule has 1 N–H and O–H groups in total. The van der Waals surface area contributed by atoms with Crippen LogP contribution in [0.1, 0.15) is 55.9 Å². The predicted molar refractivity (Wildman–Crippen MR) is 166 cm³/mol. The number of rotatable bonds is 12. The number of nitrogens with zero attached hydrogens (tertiary/aromatic N) is 2. The molecule has 2 atom stereocenters. The maximum Gasteiger partial charge on any atom is 0.264 e. The van der Waals surface area contributed by atoms with Gasteiger partial charge in [-0.05, 0) is 75.9 Å². The first-order chi connectivity index (χ1) is 19.4. The molecule has 0 aliphatic carbocycles. The number of hydrogen-bond donors (Lipinski definition) is 1. The summed E-state index contributed by atoms with van der Waals surface area (Å²) in [6.45, 7) is 10.9. The second-order valence-electron chi connectivity index (χ2n) is 10.5. The second-order valence-corrected chi connectivity index (χ2v) is 12.7. The highest BCUT2D eigenvalue weighted by atomic mass is 35.5. The van der Waals surface area contributed by atoms with E-state index in [1.165, 1.54) is 17.0 Å². The molecule has 0 aromatic heterocycles. The number of benzene rings is 3. The number of carbonyl (C=O) groups is 2. The highest BCUT2D eigenvalue weighted by Crippen LogP contribution is 2.31.